The molecule has 0 fully saturated rings. The standard InChI is InChI=1S/C15H12NO3S/c1-16-13-10-6-5-9-12(13)15(20(17,18)19)14(16)11-7-3-2-4-8-11/h2-4,6-10H,1H3,(H,17,18,19). The third-order valence-electron chi connectivity index (χ3n) is 3.30. The molecule has 0 aliphatic rings. The lowest BCUT2D eigenvalue weighted by atomic mass is 10.1. The first-order chi connectivity index (χ1) is 9.50. The van der Waals surface area contributed by atoms with Crippen molar-refractivity contribution >= 4 is 21.0 Å². The summed E-state index contributed by atoms with van der Waals surface area (Å²) in [5.41, 5.74) is 1.94. The van der Waals surface area contributed by atoms with E-state index in [0.717, 1.165) is 11.1 Å². The summed E-state index contributed by atoms with van der Waals surface area (Å²) >= 11 is 0. The van der Waals surface area contributed by atoms with E-state index in [1.165, 1.54) is 0 Å². The summed E-state index contributed by atoms with van der Waals surface area (Å²) in [7, 11) is -2.55. The molecule has 0 aliphatic carbocycles. The highest BCUT2D eigenvalue weighted by Crippen LogP contribution is 2.35. The molecule has 0 saturated heterocycles. The summed E-state index contributed by atoms with van der Waals surface area (Å²) in [6.45, 7) is 0. The van der Waals surface area contributed by atoms with Crippen LogP contribution in [0, 0.1) is 6.07 Å². The average molecular weight is 286 g/mol. The summed E-state index contributed by atoms with van der Waals surface area (Å²) in [5.74, 6) is 0. The van der Waals surface area contributed by atoms with Crippen molar-refractivity contribution in [1.82, 2.24) is 4.57 Å². The van der Waals surface area contributed by atoms with E-state index in [-0.39, 0.29) is 4.90 Å². The summed E-state index contributed by atoms with van der Waals surface area (Å²) < 4.78 is 34.9. The molecule has 0 unspecified atom stereocenters. The molecule has 101 valence electrons. The first-order valence-electron chi connectivity index (χ1n) is 6.01. The minimum Gasteiger partial charge on any atom is -0.342 e. The molecule has 0 spiro atoms. The number of hydrogen-bond acceptors (Lipinski definition) is 2. The summed E-state index contributed by atoms with van der Waals surface area (Å²) in [6, 6.07) is 17.0. The van der Waals surface area contributed by atoms with Gasteiger partial charge in [-0.15, -0.1) is 0 Å². The van der Waals surface area contributed by atoms with Crippen molar-refractivity contribution in [1.29, 1.82) is 0 Å². The first kappa shape index (κ1) is 12.9. The molecule has 0 saturated carbocycles. The molecule has 2 aromatic carbocycles. The second-order valence-electron chi connectivity index (χ2n) is 4.52. The molecular formula is C15H12NO3S. The summed E-state index contributed by atoms with van der Waals surface area (Å²) in [4.78, 5) is -0.0712. The zero-order valence-corrected chi connectivity index (χ0v) is 11.6. The van der Waals surface area contributed by atoms with E-state index in [2.05, 4.69) is 6.07 Å². The van der Waals surface area contributed by atoms with Gasteiger partial charge in [0.05, 0.1) is 5.69 Å². The maximum Gasteiger partial charge on any atom is 0.297 e. The molecule has 5 heteroatoms. The Bertz CT molecular complexity index is 880. The van der Waals surface area contributed by atoms with Gasteiger partial charge in [0.25, 0.3) is 10.1 Å². The van der Waals surface area contributed by atoms with Gasteiger partial charge in [-0.3, -0.25) is 4.55 Å². The molecule has 4 nitrogen and oxygen atoms in total. The Morgan fingerprint density at radius 3 is 2.50 bits per heavy atom. The van der Waals surface area contributed by atoms with Gasteiger partial charge in [-0.2, -0.15) is 8.42 Å². The van der Waals surface area contributed by atoms with E-state index in [0.29, 0.717) is 11.1 Å². The predicted molar refractivity (Wildman–Crippen MR) is 77.0 cm³/mol. The Balaban J connectivity index is 2.51. The van der Waals surface area contributed by atoms with Crippen molar-refractivity contribution in [2.24, 2.45) is 7.05 Å². The summed E-state index contributed by atoms with van der Waals surface area (Å²) in [5, 5.41) is 0.469. The molecule has 1 radical (unpaired) electrons. The molecule has 0 aliphatic heterocycles. The van der Waals surface area contributed by atoms with Gasteiger partial charge in [-0.05, 0) is 23.8 Å². The van der Waals surface area contributed by atoms with Crippen LogP contribution in [0.25, 0.3) is 22.2 Å². The van der Waals surface area contributed by atoms with Gasteiger partial charge in [-0.25, -0.2) is 0 Å². The molecule has 0 bridgehead atoms. The Morgan fingerprint density at radius 2 is 1.85 bits per heavy atom. The topological polar surface area (TPSA) is 59.3 Å². The van der Waals surface area contributed by atoms with Crippen LogP contribution in [0.3, 0.4) is 0 Å². The third-order valence-corrected chi connectivity index (χ3v) is 4.23. The predicted octanol–water partition coefficient (Wildman–Crippen LogP) is 2.89. The lowest BCUT2D eigenvalue weighted by Gasteiger charge is -2.06. The van der Waals surface area contributed by atoms with Gasteiger partial charge in [0, 0.05) is 18.0 Å². The molecule has 3 rings (SSSR count). The second-order valence-corrected chi connectivity index (χ2v) is 5.88. The maximum absolute atomic E-state index is 11.8. The van der Waals surface area contributed by atoms with Crippen LogP contribution in [0.5, 0.6) is 0 Å². The van der Waals surface area contributed by atoms with Crippen LogP contribution in [0.15, 0.2) is 53.4 Å². The van der Waals surface area contributed by atoms with E-state index in [1.54, 1.807) is 29.8 Å². The van der Waals surface area contributed by atoms with Crippen molar-refractivity contribution in [2.45, 2.75) is 4.90 Å². The van der Waals surface area contributed by atoms with E-state index in [1.807, 2.05) is 30.3 Å². The molecule has 20 heavy (non-hydrogen) atoms. The molecule has 0 amide bonds. The zero-order valence-electron chi connectivity index (χ0n) is 10.7. The average Bonchev–Trinajstić information content (AvgIpc) is 2.73. The molecule has 1 N–H and O–H groups in total. The number of aryl methyl sites for hydroxylation is 1. The van der Waals surface area contributed by atoms with Crippen molar-refractivity contribution in [2.75, 3.05) is 0 Å². The lowest BCUT2D eigenvalue weighted by Crippen LogP contribution is -2.01. The number of aromatic nitrogens is 1. The SMILES string of the molecule is Cn1c(-c2ccccc2)c(S(=O)(=O)O)c2c[c]ccc21. The highest BCUT2D eigenvalue weighted by Gasteiger charge is 2.25. The second kappa shape index (κ2) is 4.47. The Labute approximate surface area is 117 Å². The number of fused-ring (bicyclic) bond motifs is 1. The fourth-order valence-corrected chi connectivity index (χ4v) is 3.42. The first-order valence-corrected chi connectivity index (χ1v) is 7.45. The van der Waals surface area contributed by atoms with Crippen LogP contribution >= 0.6 is 0 Å². The zero-order chi connectivity index (χ0) is 14.3. The van der Waals surface area contributed by atoms with Crippen molar-refractivity contribution in [3.8, 4) is 11.3 Å². The van der Waals surface area contributed by atoms with Crippen molar-refractivity contribution in [3.05, 3.63) is 54.6 Å². The van der Waals surface area contributed by atoms with Crippen LogP contribution in [0.1, 0.15) is 0 Å². The van der Waals surface area contributed by atoms with Gasteiger partial charge in [0.15, 0.2) is 0 Å². The largest absolute Gasteiger partial charge is 0.342 e. The number of nitrogens with zero attached hydrogens (tertiary/aromatic N) is 1. The maximum atomic E-state index is 11.8. The van der Waals surface area contributed by atoms with E-state index in [9.17, 15) is 13.0 Å². The van der Waals surface area contributed by atoms with Crippen molar-refractivity contribution < 1.29 is 13.0 Å². The van der Waals surface area contributed by atoms with Gasteiger partial charge >= 0.3 is 0 Å². The minimum atomic E-state index is -4.33. The fourth-order valence-electron chi connectivity index (χ4n) is 2.48. The quantitative estimate of drug-likeness (QED) is 0.737. The number of hydrogen-bond donors (Lipinski definition) is 1. The van der Waals surface area contributed by atoms with Crippen LogP contribution < -0.4 is 0 Å². The monoisotopic (exact) mass is 286 g/mol. The molecule has 3 aromatic rings. The van der Waals surface area contributed by atoms with E-state index < -0.39 is 10.1 Å². The van der Waals surface area contributed by atoms with Gasteiger partial charge in [0.2, 0.25) is 0 Å². The number of rotatable bonds is 2. The van der Waals surface area contributed by atoms with Gasteiger partial charge in [0.1, 0.15) is 4.90 Å². The van der Waals surface area contributed by atoms with Gasteiger partial charge < -0.3 is 4.57 Å². The van der Waals surface area contributed by atoms with Crippen molar-refractivity contribution in [3.63, 3.8) is 0 Å². The van der Waals surface area contributed by atoms with Crippen LogP contribution in [0.2, 0.25) is 0 Å². The minimum absolute atomic E-state index is 0.0712. The highest BCUT2D eigenvalue weighted by atomic mass is 32.2. The lowest BCUT2D eigenvalue weighted by molar-refractivity contribution is 0.484. The molecular weight excluding hydrogens is 274 g/mol. The smallest absolute Gasteiger partial charge is 0.297 e. The molecule has 0 atom stereocenters. The van der Waals surface area contributed by atoms with Crippen LogP contribution in [-0.4, -0.2) is 17.5 Å². The Kier molecular flexibility index (Phi) is 2.88. The van der Waals surface area contributed by atoms with E-state index >= 15 is 0 Å². The Morgan fingerprint density at radius 1 is 1.15 bits per heavy atom. The fraction of sp³-hybridized carbons (Fsp3) is 0.0667. The molecule has 1 heterocycles. The van der Waals surface area contributed by atoms with Crippen LogP contribution in [-0.2, 0) is 17.2 Å². The number of benzene rings is 2. The van der Waals surface area contributed by atoms with Gasteiger partial charge in [-0.1, -0.05) is 36.4 Å². The van der Waals surface area contributed by atoms with E-state index in [4.69, 9.17) is 0 Å². The normalized spacial score (nSPS) is 11.9. The van der Waals surface area contributed by atoms with Crippen LogP contribution in [0.4, 0.5) is 0 Å². The summed E-state index contributed by atoms with van der Waals surface area (Å²) in [6.07, 6.45) is 0. The third kappa shape index (κ3) is 1.92. The highest BCUT2D eigenvalue weighted by molar-refractivity contribution is 7.86. The Hall–Kier alpha value is -2.11. The molecule has 1 aromatic heterocycles.